The number of nitrogens with one attached hydrogen (secondary N) is 1. The number of halogens is 1. The SMILES string of the molecule is Cc1cc(CNC(=O)c2ccc(Br)c(C)c2)no1. The zero-order valence-corrected chi connectivity index (χ0v) is 11.7. The molecule has 0 aliphatic heterocycles. The quantitative estimate of drug-likeness (QED) is 0.948. The molecule has 0 fully saturated rings. The molecular weight excluding hydrogens is 296 g/mol. The van der Waals surface area contributed by atoms with Crippen molar-refractivity contribution in [3.05, 3.63) is 51.3 Å². The molecule has 0 aliphatic carbocycles. The van der Waals surface area contributed by atoms with Crippen molar-refractivity contribution in [1.29, 1.82) is 0 Å². The minimum Gasteiger partial charge on any atom is -0.361 e. The first-order valence-corrected chi connectivity index (χ1v) is 6.32. The molecule has 0 unspecified atom stereocenters. The van der Waals surface area contributed by atoms with Gasteiger partial charge in [0.05, 0.1) is 6.54 Å². The highest BCUT2D eigenvalue weighted by atomic mass is 79.9. The lowest BCUT2D eigenvalue weighted by molar-refractivity contribution is 0.0950. The van der Waals surface area contributed by atoms with E-state index in [0.29, 0.717) is 12.1 Å². The normalized spacial score (nSPS) is 10.4. The van der Waals surface area contributed by atoms with E-state index >= 15 is 0 Å². The largest absolute Gasteiger partial charge is 0.361 e. The van der Waals surface area contributed by atoms with Gasteiger partial charge in [-0.05, 0) is 37.6 Å². The highest BCUT2D eigenvalue weighted by Crippen LogP contribution is 2.17. The Kier molecular flexibility index (Phi) is 3.81. The fraction of sp³-hybridized carbons (Fsp3) is 0.231. The number of aryl methyl sites for hydroxylation is 2. The molecule has 0 bridgehead atoms. The van der Waals surface area contributed by atoms with Gasteiger partial charge in [-0.15, -0.1) is 0 Å². The summed E-state index contributed by atoms with van der Waals surface area (Å²) in [7, 11) is 0. The molecule has 1 heterocycles. The van der Waals surface area contributed by atoms with E-state index in [4.69, 9.17) is 4.52 Å². The van der Waals surface area contributed by atoms with Gasteiger partial charge in [-0.3, -0.25) is 4.79 Å². The fourth-order valence-electron chi connectivity index (χ4n) is 1.56. The third-order valence-electron chi connectivity index (χ3n) is 2.53. The van der Waals surface area contributed by atoms with Gasteiger partial charge in [-0.2, -0.15) is 0 Å². The van der Waals surface area contributed by atoms with E-state index in [1.165, 1.54) is 0 Å². The van der Waals surface area contributed by atoms with E-state index in [2.05, 4.69) is 26.4 Å². The molecule has 0 atom stereocenters. The summed E-state index contributed by atoms with van der Waals surface area (Å²) in [5.41, 5.74) is 2.38. The van der Waals surface area contributed by atoms with E-state index in [1.807, 2.05) is 26.0 Å². The maximum absolute atomic E-state index is 11.9. The molecule has 5 heteroatoms. The minimum atomic E-state index is -0.119. The predicted molar refractivity (Wildman–Crippen MR) is 71.3 cm³/mol. The van der Waals surface area contributed by atoms with Crippen LogP contribution < -0.4 is 5.32 Å². The fourth-order valence-corrected chi connectivity index (χ4v) is 1.81. The van der Waals surface area contributed by atoms with Gasteiger partial charge in [-0.1, -0.05) is 21.1 Å². The standard InChI is InChI=1S/C13H13BrN2O2/c1-8-5-10(3-4-12(8)14)13(17)15-7-11-6-9(2)18-16-11/h3-6H,7H2,1-2H3,(H,15,17). The lowest BCUT2D eigenvalue weighted by Gasteiger charge is -2.05. The van der Waals surface area contributed by atoms with Crippen LogP contribution in [0.3, 0.4) is 0 Å². The van der Waals surface area contributed by atoms with Crippen molar-refractivity contribution in [3.63, 3.8) is 0 Å². The lowest BCUT2D eigenvalue weighted by Crippen LogP contribution is -2.22. The van der Waals surface area contributed by atoms with Crippen LogP contribution in [-0.4, -0.2) is 11.1 Å². The van der Waals surface area contributed by atoms with Gasteiger partial charge < -0.3 is 9.84 Å². The van der Waals surface area contributed by atoms with Crippen LogP contribution in [0.2, 0.25) is 0 Å². The Morgan fingerprint density at radius 3 is 2.78 bits per heavy atom. The Balaban J connectivity index is 2.01. The van der Waals surface area contributed by atoms with E-state index in [1.54, 1.807) is 12.1 Å². The Bertz CT molecular complexity index is 578. The maximum Gasteiger partial charge on any atom is 0.251 e. The van der Waals surface area contributed by atoms with Crippen LogP contribution >= 0.6 is 15.9 Å². The van der Waals surface area contributed by atoms with Crippen molar-refractivity contribution in [2.45, 2.75) is 20.4 Å². The lowest BCUT2D eigenvalue weighted by atomic mass is 10.1. The summed E-state index contributed by atoms with van der Waals surface area (Å²) >= 11 is 3.40. The van der Waals surface area contributed by atoms with E-state index < -0.39 is 0 Å². The Labute approximate surface area is 113 Å². The monoisotopic (exact) mass is 308 g/mol. The minimum absolute atomic E-state index is 0.119. The van der Waals surface area contributed by atoms with Crippen molar-refractivity contribution < 1.29 is 9.32 Å². The van der Waals surface area contributed by atoms with Crippen LogP contribution in [-0.2, 0) is 6.54 Å². The molecule has 1 N–H and O–H groups in total. The molecule has 0 radical (unpaired) electrons. The summed E-state index contributed by atoms with van der Waals surface area (Å²) in [5, 5.41) is 6.61. The molecule has 2 rings (SSSR count). The van der Waals surface area contributed by atoms with Crippen molar-refractivity contribution in [2.75, 3.05) is 0 Å². The molecule has 18 heavy (non-hydrogen) atoms. The van der Waals surface area contributed by atoms with E-state index in [9.17, 15) is 4.79 Å². The highest BCUT2D eigenvalue weighted by molar-refractivity contribution is 9.10. The number of rotatable bonds is 3. The average Bonchev–Trinajstić information content (AvgIpc) is 2.75. The second kappa shape index (κ2) is 5.35. The number of hydrogen-bond acceptors (Lipinski definition) is 3. The Hall–Kier alpha value is -1.62. The third kappa shape index (κ3) is 2.98. The van der Waals surface area contributed by atoms with Gasteiger partial charge in [0.2, 0.25) is 0 Å². The molecule has 0 saturated heterocycles. The number of nitrogens with zero attached hydrogens (tertiary/aromatic N) is 1. The highest BCUT2D eigenvalue weighted by Gasteiger charge is 2.08. The number of aromatic nitrogens is 1. The molecule has 0 spiro atoms. The number of benzene rings is 1. The van der Waals surface area contributed by atoms with Crippen LogP contribution in [0.4, 0.5) is 0 Å². The number of amides is 1. The molecule has 4 nitrogen and oxygen atoms in total. The molecular formula is C13H13BrN2O2. The predicted octanol–water partition coefficient (Wildman–Crippen LogP) is 2.98. The van der Waals surface area contributed by atoms with Crippen molar-refractivity contribution >= 4 is 21.8 Å². The smallest absolute Gasteiger partial charge is 0.251 e. The first-order valence-electron chi connectivity index (χ1n) is 5.53. The zero-order chi connectivity index (χ0) is 13.1. The van der Waals surface area contributed by atoms with Crippen molar-refractivity contribution in [1.82, 2.24) is 10.5 Å². The van der Waals surface area contributed by atoms with Crippen LogP contribution in [0.25, 0.3) is 0 Å². The topological polar surface area (TPSA) is 55.1 Å². The van der Waals surface area contributed by atoms with E-state index in [-0.39, 0.29) is 5.91 Å². The summed E-state index contributed by atoms with van der Waals surface area (Å²) in [6.45, 7) is 4.13. The van der Waals surface area contributed by atoms with Crippen LogP contribution in [0, 0.1) is 13.8 Å². The molecule has 1 amide bonds. The zero-order valence-electron chi connectivity index (χ0n) is 10.2. The second-order valence-corrected chi connectivity index (χ2v) is 4.93. The first-order chi connectivity index (χ1) is 8.56. The van der Waals surface area contributed by atoms with Crippen molar-refractivity contribution in [3.8, 4) is 0 Å². The summed E-state index contributed by atoms with van der Waals surface area (Å²) in [4.78, 5) is 11.9. The summed E-state index contributed by atoms with van der Waals surface area (Å²) in [6, 6.07) is 7.28. The molecule has 0 aliphatic rings. The first kappa shape index (κ1) is 12.8. The summed E-state index contributed by atoms with van der Waals surface area (Å²) in [5.74, 6) is 0.616. The molecule has 2 aromatic rings. The van der Waals surface area contributed by atoms with Crippen LogP contribution in [0.15, 0.2) is 33.3 Å². The van der Waals surface area contributed by atoms with Gasteiger partial charge in [0.1, 0.15) is 11.5 Å². The van der Waals surface area contributed by atoms with E-state index in [0.717, 1.165) is 21.5 Å². The maximum atomic E-state index is 11.9. The molecule has 1 aromatic carbocycles. The molecule has 0 saturated carbocycles. The third-order valence-corrected chi connectivity index (χ3v) is 3.42. The van der Waals surface area contributed by atoms with Gasteiger partial charge in [-0.25, -0.2) is 0 Å². The number of hydrogen-bond donors (Lipinski definition) is 1. The Morgan fingerprint density at radius 2 is 2.17 bits per heavy atom. The number of carbonyl (C=O) groups excluding carboxylic acids is 1. The van der Waals surface area contributed by atoms with Crippen molar-refractivity contribution in [2.24, 2.45) is 0 Å². The molecule has 1 aromatic heterocycles. The van der Waals surface area contributed by atoms with Crippen LogP contribution in [0.1, 0.15) is 27.4 Å². The van der Waals surface area contributed by atoms with Gasteiger partial charge in [0.25, 0.3) is 5.91 Å². The van der Waals surface area contributed by atoms with Gasteiger partial charge in [0.15, 0.2) is 0 Å². The van der Waals surface area contributed by atoms with Crippen LogP contribution in [0.5, 0.6) is 0 Å². The van der Waals surface area contributed by atoms with Gasteiger partial charge in [0, 0.05) is 16.1 Å². The van der Waals surface area contributed by atoms with Gasteiger partial charge >= 0.3 is 0 Å². The number of carbonyl (C=O) groups is 1. The molecule has 94 valence electrons. The Morgan fingerprint density at radius 1 is 1.39 bits per heavy atom. The summed E-state index contributed by atoms with van der Waals surface area (Å²) < 4.78 is 5.92. The second-order valence-electron chi connectivity index (χ2n) is 4.08. The average molecular weight is 309 g/mol. The summed E-state index contributed by atoms with van der Waals surface area (Å²) in [6.07, 6.45) is 0.